The molecule has 2 unspecified atom stereocenters. The van der Waals surface area contributed by atoms with Gasteiger partial charge in [-0.15, -0.1) is 0 Å². The molecule has 0 aromatic heterocycles. The van der Waals surface area contributed by atoms with Gasteiger partial charge in [0.15, 0.2) is 0 Å². The minimum Gasteiger partial charge on any atom is -0.497 e. The topological polar surface area (TPSA) is 30.5 Å². The van der Waals surface area contributed by atoms with Gasteiger partial charge in [-0.25, -0.2) is 0 Å². The molecule has 0 bridgehead atoms. The second kappa shape index (κ2) is 6.76. The van der Waals surface area contributed by atoms with Crippen molar-refractivity contribution >= 4 is 0 Å². The molecular formula is C15H23NO2. The molecule has 3 heteroatoms. The molecule has 2 rings (SSSR count). The molecule has 0 saturated carbocycles. The fourth-order valence-electron chi connectivity index (χ4n) is 2.25. The summed E-state index contributed by atoms with van der Waals surface area (Å²) in [5, 5.41) is 3.45. The largest absolute Gasteiger partial charge is 0.497 e. The third kappa shape index (κ3) is 4.00. The Bertz CT molecular complexity index is 342. The van der Waals surface area contributed by atoms with E-state index in [1.165, 1.54) is 18.4 Å². The lowest BCUT2D eigenvalue weighted by molar-refractivity contribution is 0.0326. The molecule has 0 aliphatic carbocycles. The van der Waals surface area contributed by atoms with E-state index in [0.717, 1.165) is 25.3 Å². The van der Waals surface area contributed by atoms with E-state index < -0.39 is 0 Å². The normalized spacial score (nSPS) is 23.9. The van der Waals surface area contributed by atoms with Crippen molar-refractivity contribution in [2.75, 3.05) is 20.3 Å². The molecule has 1 aromatic carbocycles. The second-order valence-electron chi connectivity index (χ2n) is 4.98. The van der Waals surface area contributed by atoms with Crippen molar-refractivity contribution < 1.29 is 9.47 Å². The minimum absolute atomic E-state index is 0.388. The van der Waals surface area contributed by atoms with E-state index in [4.69, 9.17) is 9.47 Å². The fraction of sp³-hybridized carbons (Fsp3) is 0.600. The average Bonchev–Trinajstić information content (AvgIpc) is 2.42. The van der Waals surface area contributed by atoms with Crippen LogP contribution in [0.2, 0.25) is 0 Å². The Balaban J connectivity index is 1.68. The molecule has 1 aliphatic rings. The molecule has 1 N–H and O–H groups in total. The predicted octanol–water partition coefficient (Wildman–Crippen LogP) is 2.39. The van der Waals surface area contributed by atoms with Crippen LogP contribution in [0, 0.1) is 0 Å². The van der Waals surface area contributed by atoms with Crippen molar-refractivity contribution in [2.24, 2.45) is 0 Å². The van der Waals surface area contributed by atoms with Gasteiger partial charge in [0.1, 0.15) is 5.75 Å². The van der Waals surface area contributed by atoms with Crippen LogP contribution in [0.4, 0.5) is 0 Å². The zero-order valence-corrected chi connectivity index (χ0v) is 11.3. The maximum absolute atomic E-state index is 5.90. The number of hydrogen-bond donors (Lipinski definition) is 1. The van der Waals surface area contributed by atoms with Crippen molar-refractivity contribution in [3.05, 3.63) is 29.8 Å². The van der Waals surface area contributed by atoms with Crippen LogP contribution in [0.25, 0.3) is 0 Å². The Morgan fingerprint density at radius 2 is 2.00 bits per heavy atom. The van der Waals surface area contributed by atoms with Gasteiger partial charge < -0.3 is 14.8 Å². The molecule has 1 heterocycles. The number of hydrogen-bond acceptors (Lipinski definition) is 3. The molecule has 3 nitrogen and oxygen atoms in total. The molecule has 18 heavy (non-hydrogen) atoms. The maximum Gasteiger partial charge on any atom is 0.118 e. The highest BCUT2D eigenvalue weighted by Gasteiger charge is 2.17. The third-order valence-electron chi connectivity index (χ3n) is 3.52. The van der Waals surface area contributed by atoms with E-state index in [2.05, 4.69) is 24.4 Å². The Kier molecular flexibility index (Phi) is 5.02. The van der Waals surface area contributed by atoms with Crippen LogP contribution in [0.3, 0.4) is 0 Å². The van der Waals surface area contributed by atoms with Crippen LogP contribution >= 0.6 is 0 Å². The molecule has 0 spiro atoms. The number of rotatable bonds is 5. The predicted molar refractivity (Wildman–Crippen MR) is 73.1 cm³/mol. The van der Waals surface area contributed by atoms with Crippen molar-refractivity contribution in [1.82, 2.24) is 5.32 Å². The van der Waals surface area contributed by atoms with Gasteiger partial charge in [0, 0.05) is 12.6 Å². The summed E-state index contributed by atoms with van der Waals surface area (Å²) in [5.41, 5.74) is 1.30. The molecule has 0 radical (unpaired) electrons. The lowest BCUT2D eigenvalue weighted by Crippen LogP contribution is -2.41. The number of methoxy groups -OCH3 is 1. The Hall–Kier alpha value is -1.06. The number of benzene rings is 1. The van der Waals surface area contributed by atoms with E-state index in [-0.39, 0.29) is 0 Å². The van der Waals surface area contributed by atoms with Crippen molar-refractivity contribution in [2.45, 2.75) is 38.3 Å². The summed E-state index contributed by atoms with van der Waals surface area (Å²) in [6, 6.07) is 8.84. The van der Waals surface area contributed by atoms with E-state index in [0.29, 0.717) is 12.1 Å². The van der Waals surface area contributed by atoms with Gasteiger partial charge in [0.05, 0.1) is 19.8 Å². The van der Waals surface area contributed by atoms with E-state index in [1.807, 2.05) is 12.1 Å². The summed E-state index contributed by atoms with van der Waals surface area (Å²) < 4.78 is 11.0. The molecule has 1 fully saturated rings. The first-order chi connectivity index (χ1) is 8.78. The quantitative estimate of drug-likeness (QED) is 0.869. The number of nitrogens with one attached hydrogen (secondary N) is 1. The third-order valence-corrected chi connectivity index (χ3v) is 3.52. The smallest absolute Gasteiger partial charge is 0.118 e. The summed E-state index contributed by atoms with van der Waals surface area (Å²) in [6.07, 6.45) is 3.75. The van der Waals surface area contributed by atoms with Gasteiger partial charge in [-0.05, 0) is 43.9 Å². The molecule has 100 valence electrons. The zero-order valence-electron chi connectivity index (χ0n) is 11.3. The number of ether oxygens (including phenoxy) is 2. The van der Waals surface area contributed by atoms with Gasteiger partial charge >= 0.3 is 0 Å². The van der Waals surface area contributed by atoms with E-state index >= 15 is 0 Å². The van der Waals surface area contributed by atoms with Gasteiger partial charge in [0.2, 0.25) is 0 Å². The summed E-state index contributed by atoms with van der Waals surface area (Å²) in [7, 11) is 1.69. The summed E-state index contributed by atoms with van der Waals surface area (Å²) in [5.74, 6) is 0.908. The lowest BCUT2D eigenvalue weighted by Gasteiger charge is -2.27. The Morgan fingerprint density at radius 1 is 1.22 bits per heavy atom. The second-order valence-corrected chi connectivity index (χ2v) is 4.98. The highest BCUT2D eigenvalue weighted by atomic mass is 16.5. The van der Waals surface area contributed by atoms with Crippen LogP contribution in [0.1, 0.15) is 25.3 Å². The zero-order chi connectivity index (χ0) is 12.8. The standard InChI is InChI=1S/C15H23NO2/c1-12-3-6-15(11-16-12)18-10-9-13-4-7-14(17-2)8-5-13/h4-5,7-8,12,15-16H,3,6,9-11H2,1-2H3. The van der Waals surface area contributed by atoms with Crippen LogP contribution in [0.15, 0.2) is 24.3 Å². The first kappa shape index (κ1) is 13.4. The van der Waals surface area contributed by atoms with Crippen molar-refractivity contribution in [3.8, 4) is 5.75 Å². The summed E-state index contributed by atoms with van der Waals surface area (Å²) in [6.45, 7) is 4.02. The van der Waals surface area contributed by atoms with Gasteiger partial charge in [-0.1, -0.05) is 12.1 Å². The molecule has 1 saturated heterocycles. The van der Waals surface area contributed by atoms with E-state index in [1.54, 1.807) is 7.11 Å². The maximum atomic E-state index is 5.90. The fourth-order valence-corrected chi connectivity index (χ4v) is 2.25. The summed E-state index contributed by atoms with van der Waals surface area (Å²) >= 11 is 0. The van der Waals surface area contributed by atoms with Crippen molar-refractivity contribution in [3.63, 3.8) is 0 Å². The van der Waals surface area contributed by atoms with Crippen LogP contribution < -0.4 is 10.1 Å². The monoisotopic (exact) mass is 249 g/mol. The van der Waals surface area contributed by atoms with Gasteiger partial charge in [-0.3, -0.25) is 0 Å². The summed E-state index contributed by atoms with van der Waals surface area (Å²) in [4.78, 5) is 0. The Labute approximate surface area is 109 Å². The Morgan fingerprint density at radius 3 is 2.61 bits per heavy atom. The van der Waals surface area contributed by atoms with Gasteiger partial charge in [-0.2, -0.15) is 0 Å². The van der Waals surface area contributed by atoms with Crippen molar-refractivity contribution in [1.29, 1.82) is 0 Å². The number of piperidine rings is 1. The van der Waals surface area contributed by atoms with Crippen LogP contribution in [-0.4, -0.2) is 32.4 Å². The first-order valence-electron chi connectivity index (χ1n) is 6.76. The first-order valence-corrected chi connectivity index (χ1v) is 6.76. The van der Waals surface area contributed by atoms with Gasteiger partial charge in [0.25, 0.3) is 0 Å². The average molecular weight is 249 g/mol. The molecule has 1 aromatic rings. The SMILES string of the molecule is COc1ccc(CCOC2CCC(C)NC2)cc1. The van der Waals surface area contributed by atoms with E-state index in [9.17, 15) is 0 Å². The molecule has 2 atom stereocenters. The molecular weight excluding hydrogens is 226 g/mol. The van der Waals surface area contributed by atoms with Crippen LogP contribution in [0.5, 0.6) is 5.75 Å². The van der Waals surface area contributed by atoms with Crippen LogP contribution in [-0.2, 0) is 11.2 Å². The minimum atomic E-state index is 0.388. The molecule has 0 amide bonds. The highest BCUT2D eigenvalue weighted by molar-refractivity contribution is 5.27. The lowest BCUT2D eigenvalue weighted by atomic mass is 10.0. The molecule has 1 aliphatic heterocycles. The highest BCUT2D eigenvalue weighted by Crippen LogP contribution is 2.13.